The fraction of sp³-hybridized carbons (Fsp3) is 0.273. The van der Waals surface area contributed by atoms with Crippen LogP contribution < -0.4 is 0 Å². The van der Waals surface area contributed by atoms with Crippen LogP contribution in [-0.4, -0.2) is 20.1 Å². The molecular weight excluding hydrogens is 190 g/mol. The van der Waals surface area contributed by atoms with E-state index < -0.39 is 0 Å². The lowest BCUT2D eigenvalue weighted by Crippen LogP contribution is -2.13. The first-order valence-electron chi connectivity index (χ1n) is 4.81. The van der Waals surface area contributed by atoms with Gasteiger partial charge in [-0.05, 0) is 25.1 Å². The quantitative estimate of drug-likeness (QED) is 0.708. The Kier molecular flexibility index (Phi) is 2.41. The van der Waals surface area contributed by atoms with Gasteiger partial charge in [-0.3, -0.25) is 9.48 Å². The van der Waals surface area contributed by atoms with Gasteiger partial charge >= 0.3 is 0 Å². The van der Waals surface area contributed by atoms with Crippen LogP contribution in [0.25, 0.3) is 0 Å². The molecule has 0 aliphatic rings. The van der Waals surface area contributed by atoms with Crippen molar-refractivity contribution in [2.75, 3.05) is 0 Å². The monoisotopic (exact) mass is 203 g/mol. The SMILES string of the molecule is Cc1ccn(CC(=O)c2cccn2C)n1. The standard InChI is InChI=1S/C11H13N3O/c1-9-5-7-14(12-9)8-11(15)10-4-3-6-13(10)2/h3-7H,8H2,1-2H3. The van der Waals surface area contributed by atoms with Gasteiger partial charge in [0.2, 0.25) is 5.78 Å². The van der Waals surface area contributed by atoms with E-state index in [1.165, 1.54) is 0 Å². The average Bonchev–Trinajstić information content (AvgIpc) is 2.75. The Bertz CT molecular complexity index is 481. The Hall–Kier alpha value is -1.84. The first-order chi connectivity index (χ1) is 7.16. The normalized spacial score (nSPS) is 10.5. The molecule has 78 valence electrons. The number of Topliss-reactive ketones (excluding diaryl/α,β-unsaturated/α-hetero) is 1. The van der Waals surface area contributed by atoms with Crippen LogP contribution in [0.4, 0.5) is 0 Å². The molecule has 0 saturated carbocycles. The topological polar surface area (TPSA) is 39.8 Å². The number of hydrogen-bond donors (Lipinski definition) is 0. The van der Waals surface area contributed by atoms with Crippen LogP contribution in [0, 0.1) is 6.92 Å². The maximum atomic E-state index is 11.8. The molecule has 2 aromatic rings. The minimum absolute atomic E-state index is 0.0746. The van der Waals surface area contributed by atoms with Gasteiger partial charge in [0.1, 0.15) is 6.54 Å². The van der Waals surface area contributed by atoms with Crippen LogP contribution in [0.2, 0.25) is 0 Å². The molecular formula is C11H13N3O. The molecule has 0 spiro atoms. The lowest BCUT2D eigenvalue weighted by molar-refractivity contribution is 0.0959. The summed E-state index contributed by atoms with van der Waals surface area (Å²) in [6.45, 7) is 2.20. The highest BCUT2D eigenvalue weighted by atomic mass is 16.1. The third-order valence-electron chi connectivity index (χ3n) is 2.31. The van der Waals surface area contributed by atoms with Gasteiger partial charge in [-0.25, -0.2) is 0 Å². The van der Waals surface area contributed by atoms with E-state index in [4.69, 9.17) is 0 Å². The molecule has 2 aromatic heterocycles. The third kappa shape index (κ3) is 1.98. The Labute approximate surface area is 88.1 Å². The lowest BCUT2D eigenvalue weighted by atomic mass is 10.3. The smallest absolute Gasteiger partial charge is 0.200 e. The number of carbonyl (C=O) groups is 1. The van der Waals surface area contributed by atoms with Crippen molar-refractivity contribution >= 4 is 5.78 Å². The van der Waals surface area contributed by atoms with Gasteiger partial charge in [-0.1, -0.05) is 0 Å². The number of aryl methyl sites for hydroxylation is 2. The van der Waals surface area contributed by atoms with Gasteiger partial charge < -0.3 is 4.57 Å². The summed E-state index contributed by atoms with van der Waals surface area (Å²) >= 11 is 0. The number of rotatable bonds is 3. The van der Waals surface area contributed by atoms with Gasteiger partial charge in [-0.2, -0.15) is 5.10 Å². The third-order valence-corrected chi connectivity index (χ3v) is 2.31. The van der Waals surface area contributed by atoms with E-state index in [1.54, 1.807) is 4.68 Å². The maximum absolute atomic E-state index is 11.8. The van der Waals surface area contributed by atoms with Crippen LogP contribution in [-0.2, 0) is 13.6 Å². The summed E-state index contributed by atoms with van der Waals surface area (Å²) in [5.74, 6) is 0.0746. The molecule has 15 heavy (non-hydrogen) atoms. The number of ketones is 1. The molecule has 0 aliphatic heterocycles. The predicted octanol–water partition coefficient (Wildman–Crippen LogP) is 1.41. The van der Waals surface area contributed by atoms with E-state index in [1.807, 2.05) is 49.1 Å². The summed E-state index contributed by atoms with van der Waals surface area (Å²) in [5.41, 5.74) is 1.64. The Morgan fingerprint density at radius 3 is 2.73 bits per heavy atom. The number of nitrogens with zero attached hydrogens (tertiary/aromatic N) is 3. The number of aromatic nitrogens is 3. The average molecular weight is 203 g/mol. The van der Waals surface area contributed by atoms with E-state index >= 15 is 0 Å². The predicted molar refractivity (Wildman–Crippen MR) is 56.7 cm³/mol. The van der Waals surface area contributed by atoms with E-state index in [2.05, 4.69) is 5.10 Å². The van der Waals surface area contributed by atoms with Crippen molar-refractivity contribution < 1.29 is 4.79 Å². The van der Waals surface area contributed by atoms with Gasteiger partial charge in [0.25, 0.3) is 0 Å². The summed E-state index contributed by atoms with van der Waals surface area (Å²) in [4.78, 5) is 11.8. The van der Waals surface area contributed by atoms with Crippen molar-refractivity contribution in [3.05, 3.63) is 42.0 Å². The molecule has 0 aliphatic carbocycles. The molecule has 4 heteroatoms. The van der Waals surface area contributed by atoms with Crippen LogP contribution in [0.5, 0.6) is 0 Å². The first-order valence-corrected chi connectivity index (χ1v) is 4.81. The lowest BCUT2D eigenvalue weighted by Gasteiger charge is -2.02. The van der Waals surface area contributed by atoms with Gasteiger partial charge in [0.15, 0.2) is 0 Å². The zero-order chi connectivity index (χ0) is 10.8. The largest absolute Gasteiger partial charge is 0.348 e. The van der Waals surface area contributed by atoms with E-state index in [0.717, 1.165) is 5.69 Å². The van der Waals surface area contributed by atoms with Crippen LogP contribution in [0.15, 0.2) is 30.6 Å². The summed E-state index contributed by atoms with van der Waals surface area (Å²) < 4.78 is 3.48. The fourth-order valence-electron chi connectivity index (χ4n) is 1.53. The fourth-order valence-corrected chi connectivity index (χ4v) is 1.53. The minimum atomic E-state index is 0.0746. The Balaban J connectivity index is 2.14. The zero-order valence-electron chi connectivity index (χ0n) is 8.84. The number of carbonyl (C=O) groups excluding carboxylic acids is 1. The minimum Gasteiger partial charge on any atom is -0.348 e. The highest BCUT2D eigenvalue weighted by Crippen LogP contribution is 2.03. The Morgan fingerprint density at radius 2 is 2.20 bits per heavy atom. The van der Waals surface area contributed by atoms with Crippen molar-refractivity contribution in [3.8, 4) is 0 Å². The second kappa shape index (κ2) is 3.73. The molecule has 0 saturated heterocycles. The summed E-state index contributed by atoms with van der Waals surface area (Å²) in [5, 5.41) is 4.18. The molecule has 0 amide bonds. The molecule has 0 bridgehead atoms. The van der Waals surface area contributed by atoms with Crippen LogP contribution >= 0.6 is 0 Å². The van der Waals surface area contributed by atoms with Crippen molar-refractivity contribution in [2.24, 2.45) is 7.05 Å². The molecule has 0 atom stereocenters. The van der Waals surface area contributed by atoms with Crippen molar-refractivity contribution in [1.82, 2.24) is 14.3 Å². The summed E-state index contributed by atoms with van der Waals surface area (Å²) in [6, 6.07) is 5.57. The van der Waals surface area contributed by atoms with Crippen molar-refractivity contribution in [3.63, 3.8) is 0 Å². The van der Waals surface area contributed by atoms with E-state index in [9.17, 15) is 4.79 Å². The molecule has 0 N–H and O–H groups in total. The second-order valence-electron chi connectivity index (χ2n) is 3.58. The molecule has 2 heterocycles. The van der Waals surface area contributed by atoms with Crippen LogP contribution in [0.1, 0.15) is 16.2 Å². The molecule has 0 radical (unpaired) electrons. The second-order valence-corrected chi connectivity index (χ2v) is 3.58. The van der Waals surface area contributed by atoms with Gasteiger partial charge in [0.05, 0.1) is 11.4 Å². The van der Waals surface area contributed by atoms with E-state index in [-0.39, 0.29) is 5.78 Å². The van der Waals surface area contributed by atoms with Gasteiger partial charge in [-0.15, -0.1) is 0 Å². The van der Waals surface area contributed by atoms with Crippen molar-refractivity contribution in [1.29, 1.82) is 0 Å². The number of hydrogen-bond acceptors (Lipinski definition) is 2. The first kappa shape index (κ1) is 9.71. The van der Waals surface area contributed by atoms with Crippen LogP contribution in [0.3, 0.4) is 0 Å². The molecule has 0 aromatic carbocycles. The highest BCUT2D eigenvalue weighted by Gasteiger charge is 2.09. The maximum Gasteiger partial charge on any atom is 0.200 e. The van der Waals surface area contributed by atoms with E-state index in [0.29, 0.717) is 12.2 Å². The summed E-state index contributed by atoms with van der Waals surface area (Å²) in [6.07, 6.45) is 3.68. The van der Waals surface area contributed by atoms with Gasteiger partial charge in [0, 0.05) is 19.4 Å². The zero-order valence-corrected chi connectivity index (χ0v) is 8.84. The van der Waals surface area contributed by atoms with Crippen molar-refractivity contribution in [2.45, 2.75) is 13.5 Å². The highest BCUT2D eigenvalue weighted by molar-refractivity contribution is 5.94. The summed E-state index contributed by atoms with van der Waals surface area (Å²) in [7, 11) is 1.86. The molecule has 0 unspecified atom stereocenters. The Morgan fingerprint density at radius 1 is 1.40 bits per heavy atom. The molecule has 0 fully saturated rings. The molecule has 4 nitrogen and oxygen atoms in total. The molecule has 2 rings (SSSR count).